The Hall–Kier alpha value is -2.00. The van der Waals surface area contributed by atoms with E-state index in [1.165, 1.54) is 12.3 Å². The van der Waals surface area contributed by atoms with Crippen molar-refractivity contribution >= 4 is 23.5 Å². The van der Waals surface area contributed by atoms with Crippen molar-refractivity contribution in [3.05, 3.63) is 52.5 Å². The first-order valence-corrected chi connectivity index (χ1v) is 5.77. The third kappa shape index (κ3) is 2.46. The summed E-state index contributed by atoms with van der Waals surface area (Å²) in [7, 11) is 0. The van der Waals surface area contributed by atoms with Crippen molar-refractivity contribution in [3.63, 3.8) is 0 Å². The van der Waals surface area contributed by atoms with Gasteiger partial charge in [-0.2, -0.15) is 0 Å². The molecule has 2 N–H and O–H groups in total. The van der Waals surface area contributed by atoms with Gasteiger partial charge in [0.25, 0.3) is 0 Å². The van der Waals surface area contributed by atoms with Crippen LogP contribution in [0.2, 0.25) is 5.02 Å². The van der Waals surface area contributed by atoms with Gasteiger partial charge in [0.2, 0.25) is 0 Å². The molecule has 0 spiro atoms. The summed E-state index contributed by atoms with van der Waals surface area (Å²) in [5.74, 6) is -0.345. The highest BCUT2D eigenvalue weighted by Crippen LogP contribution is 2.29. The number of hydrogen-bond donors (Lipinski definition) is 2. The molecule has 0 atom stereocenters. The zero-order chi connectivity index (χ0) is 13.1. The number of phenolic OH excluding ortho intramolecular Hbond substituents is 2. The van der Waals surface area contributed by atoms with E-state index in [9.17, 15) is 10.2 Å². The second-order valence-corrected chi connectivity index (χ2v) is 4.26. The van der Waals surface area contributed by atoms with E-state index in [0.29, 0.717) is 10.6 Å². The van der Waals surface area contributed by atoms with Crippen molar-refractivity contribution in [2.75, 3.05) is 0 Å². The summed E-state index contributed by atoms with van der Waals surface area (Å²) in [4.78, 5) is 4.26. The van der Waals surface area contributed by atoms with E-state index in [1.54, 1.807) is 18.2 Å². The van der Waals surface area contributed by atoms with E-state index in [2.05, 4.69) is 4.99 Å². The van der Waals surface area contributed by atoms with Crippen LogP contribution in [0.4, 0.5) is 5.69 Å². The SMILES string of the molecule is Cc1c(Cl)cccc1N=Cc1cccc(O)c1O. The third-order valence-electron chi connectivity index (χ3n) is 2.63. The minimum atomic E-state index is -0.180. The Bertz CT molecular complexity index is 555. The van der Waals surface area contributed by atoms with Crippen molar-refractivity contribution in [2.24, 2.45) is 4.99 Å². The van der Waals surface area contributed by atoms with Crippen molar-refractivity contribution in [3.8, 4) is 11.5 Å². The van der Waals surface area contributed by atoms with Gasteiger partial charge in [-0.25, -0.2) is 0 Å². The molecular formula is C14H12ClNO2. The molecule has 0 aromatic heterocycles. The van der Waals surface area contributed by atoms with E-state index >= 15 is 0 Å². The average Bonchev–Trinajstić information content (AvgIpc) is 2.36. The van der Waals surface area contributed by atoms with E-state index in [1.807, 2.05) is 19.1 Å². The molecule has 4 heteroatoms. The van der Waals surface area contributed by atoms with Gasteiger partial charge in [0.1, 0.15) is 0 Å². The second-order valence-electron chi connectivity index (χ2n) is 3.86. The molecule has 2 aromatic carbocycles. The molecule has 92 valence electrons. The first-order chi connectivity index (χ1) is 8.59. The molecule has 2 aromatic rings. The fraction of sp³-hybridized carbons (Fsp3) is 0.0714. The van der Waals surface area contributed by atoms with Gasteiger partial charge in [0.15, 0.2) is 11.5 Å². The molecular weight excluding hydrogens is 250 g/mol. The molecule has 0 amide bonds. The van der Waals surface area contributed by atoms with Crippen LogP contribution in [-0.2, 0) is 0 Å². The van der Waals surface area contributed by atoms with Gasteiger partial charge >= 0.3 is 0 Å². The van der Waals surface area contributed by atoms with Crippen molar-refractivity contribution in [1.29, 1.82) is 0 Å². The average molecular weight is 262 g/mol. The number of hydrogen-bond acceptors (Lipinski definition) is 3. The van der Waals surface area contributed by atoms with Crippen LogP contribution in [0.5, 0.6) is 11.5 Å². The fourth-order valence-electron chi connectivity index (χ4n) is 1.53. The first kappa shape index (κ1) is 12.5. The number of aromatic hydroxyl groups is 2. The Labute approximate surface area is 110 Å². The summed E-state index contributed by atoms with van der Waals surface area (Å²) < 4.78 is 0. The number of rotatable bonds is 2. The maximum atomic E-state index is 9.63. The Morgan fingerprint density at radius 3 is 2.61 bits per heavy atom. The predicted molar refractivity (Wildman–Crippen MR) is 73.2 cm³/mol. The highest BCUT2D eigenvalue weighted by atomic mass is 35.5. The van der Waals surface area contributed by atoms with Crippen molar-refractivity contribution < 1.29 is 10.2 Å². The fourth-order valence-corrected chi connectivity index (χ4v) is 1.70. The number of para-hydroxylation sites is 1. The highest BCUT2D eigenvalue weighted by molar-refractivity contribution is 6.31. The molecule has 0 unspecified atom stereocenters. The largest absolute Gasteiger partial charge is 0.504 e. The smallest absolute Gasteiger partial charge is 0.166 e. The van der Waals surface area contributed by atoms with Gasteiger partial charge in [-0.3, -0.25) is 4.99 Å². The monoisotopic (exact) mass is 261 g/mol. The highest BCUT2D eigenvalue weighted by Gasteiger charge is 2.04. The van der Waals surface area contributed by atoms with Crippen LogP contribution in [0, 0.1) is 6.92 Å². The molecule has 0 fully saturated rings. The second kappa shape index (κ2) is 5.10. The summed E-state index contributed by atoms with van der Waals surface area (Å²) >= 11 is 5.99. The zero-order valence-corrected chi connectivity index (χ0v) is 10.5. The molecule has 0 heterocycles. The molecule has 18 heavy (non-hydrogen) atoms. The summed E-state index contributed by atoms with van der Waals surface area (Å²) in [6, 6.07) is 10.2. The van der Waals surface area contributed by atoms with E-state index < -0.39 is 0 Å². The normalized spacial score (nSPS) is 11.0. The molecule has 0 aliphatic heterocycles. The van der Waals surface area contributed by atoms with Crippen molar-refractivity contribution in [1.82, 2.24) is 0 Å². The number of benzene rings is 2. The van der Waals surface area contributed by atoms with Crippen LogP contribution < -0.4 is 0 Å². The minimum absolute atomic E-state index is 0.165. The quantitative estimate of drug-likeness (QED) is 0.638. The van der Waals surface area contributed by atoms with E-state index in [0.717, 1.165) is 11.3 Å². The van der Waals surface area contributed by atoms with Gasteiger partial charge in [-0.05, 0) is 36.8 Å². The molecule has 2 rings (SSSR count). The predicted octanol–water partition coefficient (Wildman–Crippen LogP) is 3.81. The van der Waals surface area contributed by atoms with Crippen LogP contribution in [0.1, 0.15) is 11.1 Å². The van der Waals surface area contributed by atoms with E-state index in [4.69, 9.17) is 11.6 Å². The van der Waals surface area contributed by atoms with Crippen LogP contribution >= 0.6 is 11.6 Å². The Morgan fingerprint density at radius 2 is 1.83 bits per heavy atom. The number of aliphatic imine (C=N–C) groups is 1. The maximum Gasteiger partial charge on any atom is 0.166 e. The van der Waals surface area contributed by atoms with Crippen LogP contribution in [0.3, 0.4) is 0 Å². The maximum absolute atomic E-state index is 9.63. The van der Waals surface area contributed by atoms with Crippen LogP contribution in [0.25, 0.3) is 0 Å². The summed E-state index contributed by atoms with van der Waals surface area (Å²) in [6.07, 6.45) is 1.49. The lowest BCUT2D eigenvalue weighted by Crippen LogP contribution is -1.83. The standard InChI is InChI=1S/C14H12ClNO2/c1-9-11(15)5-3-6-12(9)16-8-10-4-2-7-13(17)14(10)18/h2-8,17-18H,1H3. The first-order valence-electron chi connectivity index (χ1n) is 5.39. The van der Waals surface area contributed by atoms with Gasteiger partial charge in [0.05, 0.1) is 5.69 Å². The topological polar surface area (TPSA) is 52.8 Å². The third-order valence-corrected chi connectivity index (χ3v) is 3.04. The molecule has 0 bridgehead atoms. The molecule has 0 radical (unpaired) electrons. The summed E-state index contributed by atoms with van der Waals surface area (Å²) in [5, 5.41) is 19.6. The molecule has 0 saturated carbocycles. The Balaban J connectivity index is 2.36. The lowest BCUT2D eigenvalue weighted by atomic mass is 10.2. The Morgan fingerprint density at radius 1 is 1.11 bits per heavy atom. The van der Waals surface area contributed by atoms with Gasteiger partial charge in [0, 0.05) is 16.8 Å². The number of halogens is 1. The summed E-state index contributed by atoms with van der Waals surface area (Å²) in [5.41, 5.74) is 2.05. The van der Waals surface area contributed by atoms with E-state index in [-0.39, 0.29) is 11.5 Å². The zero-order valence-electron chi connectivity index (χ0n) is 9.76. The lowest BCUT2D eigenvalue weighted by Gasteiger charge is -2.03. The molecule has 0 aliphatic carbocycles. The molecule has 3 nitrogen and oxygen atoms in total. The van der Waals surface area contributed by atoms with Crippen LogP contribution in [-0.4, -0.2) is 16.4 Å². The molecule has 0 aliphatic rings. The minimum Gasteiger partial charge on any atom is -0.504 e. The van der Waals surface area contributed by atoms with Gasteiger partial charge in [-0.1, -0.05) is 23.7 Å². The van der Waals surface area contributed by atoms with Crippen molar-refractivity contribution in [2.45, 2.75) is 6.92 Å². The number of phenols is 2. The van der Waals surface area contributed by atoms with Crippen LogP contribution in [0.15, 0.2) is 41.4 Å². The molecule has 0 saturated heterocycles. The van der Waals surface area contributed by atoms with Gasteiger partial charge in [-0.15, -0.1) is 0 Å². The Kier molecular flexibility index (Phi) is 3.53. The summed E-state index contributed by atoms with van der Waals surface area (Å²) in [6.45, 7) is 1.87. The number of nitrogens with zero attached hydrogens (tertiary/aromatic N) is 1. The van der Waals surface area contributed by atoms with Gasteiger partial charge < -0.3 is 10.2 Å². The lowest BCUT2D eigenvalue weighted by molar-refractivity contribution is 0.403.